The summed E-state index contributed by atoms with van der Waals surface area (Å²) in [6, 6.07) is 9.02. The van der Waals surface area contributed by atoms with Crippen LogP contribution in [0.15, 0.2) is 24.3 Å². The number of benzene rings is 1. The Morgan fingerprint density at radius 3 is 2.56 bits per heavy atom. The molecule has 0 saturated carbocycles. The molecule has 0 spiro atoms. The van der Waals surface area contributed by atoms with E-state index in [1.165, 1.54) is 44.6 Å². The molecular weight excluding hydrogens is 314 g/mol. The van der Waals surface area contributed by atoms with E-state index < -0.39 is 0 Å². The molecule has 3 aliphatic rings. The zero-order valence-electron chi connectivity index (χ0n) is 15.4. The van der Waals surface area contributed by atoms with Crippen molar-refractivity contribution in [1.82, 2.24) is 14.7 Å². The molecule has 138 valence electrons. The minimum Gasteiger partial charge on any atom is -0.497 e. The second-order valence-electron chi connectivity index (χ2n) is 7.60. The van der Waals surface area contributed by atoms with Gasteiger partial charge >= 0.3 is 0 Å². The Balaban J connectivity index is 1.31. The Morgan fingerprint density at radius 2 is 1.80 bits per heavy atom. The number of hydrogen-bond acceptors (Lipinski definition) is 5. The molecule has 0 aliphatic carbocycles. The van der Waals surface area contributed by atoms with Crippen molar-refractivity contribution in [3.63, 3.8) is 0 Å². The lowest BCUT2D eigenvalue weighted by molar-refractivity contribution is -0.0488. The average Bonchev–Trinajstić information content (AvgIpc) is 3.30. The molecule has 25 heavy (non-hydrogen) atoms. The highest BCUT2D eigenvalue weighted by Crippen LogP contribution is 2.25. The van der Waals surface area contributed by atoms with Gasteiger partial charge in [-0.1, -0.05) is 12.1 Å². The standard InChI is InChI=1S/C20H31N3O2/c1-24-18-6-4-17(5-7-18)14-22-15-19-20(16-22)25-13-12-23(19)11-10-21-8-2-3-9-21/h4-7,19-20H,2-3,8-16H2,1H3/t19-,20+/m1/s1. The molecule has 1 aromatic rings. The third kappa shape index (κ3) is 4.17. The molecule has 0 N–H and O–H groups in total. The van der Waals surface area contributed by atoms with Crippen molar-refractivity contribution in [3.8, 4) is 5.75 Å². The van der Waals surface area contributed by atoms with Gasteiger partial charge in [-0.3, -0.25) is 9.80 Å². The van der Waals surface area contributed by atoms with Gasteiger partial charge in [0.1, 0.15) is 5.75 Å². The normalized spacial score (nSPS) is 28.4. The summed E-state index contributed by atoms with van der Waals surface area (Å²) in [5.41, 5.74) is 1.35. The summed E-state index contributed by atoms with van der Waals surface area (Å²) in [5.74, 6) is 0.926. The van der Waals surface area contributed by atoms with E-state index in [4.69, 9.17) is 9.47 Å². The van der Waals surface area contributed by atoms with Crippen molar-refractivity contribution >= 4 is 0 Å². The van der Waals surface area contributed by atoms with Crippen LogP contribution < -0.4 is 4.74 Å². The molecule has 1 aromatic carbocycles. The van der Waals surface area contributed by atoms with Crippen LogP contribution in [-0.4, -0.2) is 86.4 Å². The molecule has 3 heterocycles. The van der Waals surface area contributed by atoms with E-state index in [9.17, 15) is 0 Å². The monoisotopic (exact) mass is 345 g/mol. The predicted octanol–water partition coefficient (Wildman–Crippen LogP) is 1.68. The highest BCUT2D eigenvalue weighted by Gasteiger charge is 2.39. The number of ether oxygens (including phenoxy) is 2. The zero-order chi connectivity index (χ0) is 17.1. The van der Waals surface area contributed by atoms with E-state index in [0.717, 1.165) is 38.5 Å². The molecule has 0 aromatic heterocycles. The van der Waals surface area contributed by atoms with Gasteiger partial charge in [0.2, 0.25) is 0 Å². The summed E-state index contributed by atoms with van der Waals surface area (Å²) in [7, 11) is 1.72. The van der Waals surface area contributed by atoms with Gasteiger partial charge in [0, 0.05) is 45.3 Å². The second-order valence-corrected chi connectivity index (χ2v) is 7.60. The van der Waals surface area contributed by atoms with Crippen molar-refractivity contribution in [1.29, 1.82) is 0 Å². The molecule has 0 amide bonds. The first-order valence-electron chi connectivity index (χ1n) is 9.75. The third-order valence-electron chi connectivity index (χ3n) is 5.96. The van der Waals surface area contributed by atoms with Crippen molar-refractivity contribution in [2.45, 2.75) is 31.5 Å². The molecule has 5 heteroatoms. The van der Waals surface area contributed by atoms with Crippen LogP contribution in [0.2, 0.25) is 0 Å². The Labute approximate surface area is 151 Å². The summed E-state index contributed by atoms with van der Waals surface area (Å²) >= 11 is 0. The largest absolute Gasteiger partial charge is 0.497 e. The molecule has 4 rings (SSSR count). The van der Waals surface area contributed by atoms with E-state index in [2.05, 4.69) is 39.0 Å². The van der Waals surface area contributed by atoms with E-state index in [1.807, 2.05) is 0 Å². The predicted molar refractivity (Wildman–Crippen MR) is 99.0 cm³/mol. The fourth-order valence-corrected chi connectivity index (χ4v) is 4.51. The number of fused-ring (bicyclic) bond motifs is 1. The molecule has 3 saturated heterocycles. The fraction of sp³-hybridized carbons (Fsp3) is 0.700. The van der Waals surface area contributed by atoms with E-state index >= 15 is 0 Å². The van der Waals surface area contributed by atoms with Crippen molar-refractivity contribution in [2.75, 3.05) is 59.5 Å². The van der Waals surface area contributed by atoms with Crippen molar-refractivity contribution in [2.24, 2.45) is 0 Å². The lowest BCUT2D eigenvalue weighted by Crippen LogP contribution is -2.52. The number of hydrogen-bond donors (Lipinski definition) is 0. The molecule has 0 bridgehead atoms. The van der Waals surface area contributed by atoms with Gasteiger partial charge in [0.25, 0.3) is 0 Å². The maximum absolute atomic E-state index is 6.09. The van der Waals surface area contributed by atoms with Crippen molar-refractivity contribution in [3.05, 3.63) is 29.8 Å². The lowest BCUT2D eigenvalue weighted by atomic mass is 10.1. The SMILES string of the molecule is COc1ccc(CN2C[C@@H]3OCCN(CCN4CCCC4)[C@@H]3C2)cc1. The minimum absolute atomic E-state index is 0.380. The fourth-order valence-electron chi connectivity index (χ4n) is 4.51. The molecule has 0 unspecified atom stereocenters. The minimum atomic E-state index is 0.380. The van der Waals surface area contributed by atoms with Gasteiger partial charge in [-0.15, -0.1) is 0 Å². The van der Waals surface area contributed by atoms with Crippen LogP contribution in [0.5, 0.6) is 5.75 Å². The van der Waals surface area contributed by atoms with Gasteiger partial charge in [-0.2, -0.15) is 0 Å². The Hall–Kier alpha value is -1.14. The first-order valence-corrected chi connectivity index (χ1v) is 9.75. The molecular formula is C20H31N3O2. The van der Waals surface area contributed by atoms with Crippen LogP contribution in [0.25, 0.3) is 0 Å². The smallest absolute Gasteiger partial charge is 0.118 e. The van der Waals surface area contributed by atoms with Gasteiger partial charge < -0.3 is 14.4 Å². The Morgan fingerprint density at radius 1 is 1.00 bits per heavy atom. The van der Waals surface area contributed by atoms with E-state index in [1.54, 1.807) is 7.11 Å². The maximum atomic E-state index is 6.09. The van der Waals surface area contributed by atoms with Crippen LogP contribution in [0.3, 0.4) is 0 Å². The van der Waals surface area contributed by atoms with Gasteiger partial charge in [0.05, 0.1) is 19.8 Å². The second kappa shape index (κ2) is 8.04. The summed E-state index contributed by atoms with van der Waals surface area (Å²) in [6.07, 6.45) is 3.14. The van der Waals surface area contributed by atoms with Gasteiger partial charge in [0.15, 0.2) is 0 Å². The molecule has 2 atom stereocenters. The average molecular weight is 345 g/mol. The van der Waals surface area contributed by atoms with Crippen LogP contribution in [0.1, 0.15) is 18.4 Å². The zero-order valence-corrected chi connectivity index (χ0v) is 15.4. The van der Waals surface area contributed by atoms with Crippen LogP contribution >= 0.6 is 0 Å². The molecule has 5 nitrogen and oxygen atoms in total. The van der Waals surface area contributed by atoms with Crippen LogP contribution in [0.4, 0.5) is 0 Å². The van der Waals surface area contributed by atoms with Gasteiger partial charge in [-0.05, 0) is 43.6 Å². The van der Waals surface area contributed by atoms with Crippen molar-refractivity contribution < 1.29 is 9.47 Å². The number of methoxy groups -OCH3 is 1. The highest BCUT2D eigenvalue weighted by atomic mass is 16.5. The summed E-state index contributed by atoms with van der Waals surface area (Å²) in [6.45, 7) is 10.2. The summed E-state index contributed by atoms with van der Waals surface area (Å²) in [4.78, 5) is 7.85. The number of rotatable bonds is 6. The topological polar surface area (TPSA) is 28.2 Å². The molecule has 3 fully saturated rings. The molecule has 0 radical (unpaired) electrons. The summed E-state index contributed by atoms with van der Waals surface area (Å²) < 4.78 is 11.3. The van der Waals surface area contributed by atoms with E-state index in [-0.39, 0.29) is 0 Å². The highest BCUT2D eigenvalue weighted by molar-refractivity contribution is 5.27. The first-order chi connectivity index (χ1) is 12.3. The van der Waals surface area contributed by atoms with E-state index in [0.29, 0.717) is 12.1 Å². The van der Waals surface area contributed by atoms with Crippen LogP contribution in [0, 0.1) is 0 Å². The quantitative estimate of drug-likeness (QED) is 0.782. The third-order valence-corrected chi connectivity index (χ3v) is 5.96. The van der Waals surface area contributed by atoms with Gasteiger partial charge in [-0.25, -0.2) is 0 Å². The first kappa shape index (κ1) is 17.3. The number of nitrogens with zero attached hydrogens (tertiary/aromatic N) is 3. The summed E-state index contributed by atoms with van der Waals surface area (Å²) in [5, 5.41) is 0. The Bertz CT molecular complexity index is 544. The number of likely N-dealkylation sites (tertiary alicyclic amines) is 2. The lowest BCUT2D eigenvalue weighted by Gasteiger charge is -2.37. The number of morpholine rings is 1. The van der Waals surface area contributed by atoms with Crippen LogP contribution in [-0.2, 0) is 11.3 Å². The maximum Gasteiger partial charge on any atom is 0.118 e. The Kier molecular flexibility index (Phi) is 5.56. The molecule has 3 aliphatic heterocycles.